The SMILES string of the molecule is N#CC(=NO)C([NH])=O. The summed E-state index contributed by atoms with van der Waals surface area (Å²) in [6.07, 6.45) is 0. The standard InChI is InChI=1S/C3H2N3O2/c4-1-2(6-8)3(5)7/h5,8H. The molecule has 0 aliphatic heterocycles. The second kappa shape index (κ2) is 2.58. The van der Waals surface area contributed by atoms with E-state index in [1.807, 2.05) is 0 Å². The summed E-state index contributed by atoms with van der Waals surface area (Å²) in [6.45, 7) is 0. The third-order valence-corrected chi connectivity index (χ3v) is 0.421. The summed E-state index contributed by atoms with van der Waals surface area (Å²) in [7, 11) is 0. The minimum Gasteiger partial charge on any atom is -0.410 e. The van der Waals surface area contributed by atoms with E-state index < -0.39 is 11.6 Å². The first-order valence-corrected chi connectivity index (χ1v) is 1.60. The predicted octanol–water partition coefficient (Wildman–Crippen LogP) is -0.850. The molecule has 0 fully saturated rings. The van der Waals surface area contributed by atoms with Crippen LogP contribution < -0.4 is 5.73 Å². The summed E-state index contributed by atoms with van der Waals surface area (Å²) in [5.74, 6) is -1.28. The second-order valence-corrected chi connectivity index (χ2v) is 0.890. The van der Waals surface area contributed by atoms with E-state index in [2.05, 4.69) is 5.16 Å². The van der Waals surface area contributed by atoms with Crippen molar-refractivity contribution in [3.8, 4) is 6.07 Å². The zero-order chi connectivity index (χ0) is 6.57. The molecular formula is C3H2N3O2. The molecule has 0 heterocycles. The van der Waals surface area contributed by atoms with Crippen molar-refractivity contribution in [3.63, 3.8) is 0 Å². The first kappa shape index (κ1) is 6.43. The Bertz CT molecular complexity index is 166. The number of nitrogens with one attached hydrogen (secondary N) is 1. The molecule has 0 unspecified atom stereocenters. The molecule has 2 N–H and O–H groups in total. The van der Waals surface area contributed by atoms with Crippen molar-refractivity contribution in [1.29, 1.82) is 5.26 Å². The van der Waals surface area contributed by atoms with Crippen LogP contribution in [0.4, 0.5) is 0 Å². The smallest absolute Gasteiger partial charge is 0.302 e. The highest BCUT2D eigenvalue weighted by Gasteiger charge is 2.04. The quantitative estimate of drug-likeness (QED) is 0.271. The lowest BCUT2D eigenvalue weighted by Crippen LogP contribution is -2.11. The number of nitrogens with zero attached hydrogens (tertiary/aromatic N) is 2. The first-order chi connectivity index (χ1) is 3.72. The lowest BCUT2D eigenvalue weighted by atomic mass is 10.4. The highest BCUT2D eigenvalue weighted by Crippen LogP contribution is 1.70. The van der Waals surface area contributed by atoms with Crippen LogP contribution in [-0.2, 0) is 4.79 Å². The van der Waals surface area contributed by atoms with Crippen molar-refractivity contribution in [3.05, 3.63) is 0 Å². The molecule has 0 saturated heterocycles. The molecule has 41 valence electrons. The summed E-state index contributed by atoms with van der Waals surface area (Å²) >= 11 is 0. The highest BCUT2D eigenvalue weighted by atomic mass is 16.4. The summed E-state index contributed by atoms with van der Waals surface area (Å²) in [5.41, 5.74) is 5.38. The van der Waals surface area contributed by atoms with Crippen LogP contribution in [-0.4, -0.2) is 16.8 Å². The molecule has 5 nitrogen and oxygen atoms in total. The van der Waals surface area contributed by atoms with Crippen molar-refractivity contribution in [2.75, 3.05) is 0 Å². The normalized spacial score (nSPS) is 10.1. The molecule has 0 aromatic carbocycles. The Balaban J connectivity index is 4.20. The van der Waals surface area contributed by atoms with Gasteiger partial charge in [0, 0.05) is 0 Å². The maximum Gasteiger partial charge on any atom is 0.302 e. The van der Waals surface area contributed by atoms with E-state index in [1.165, 1.54) is 6.07 Å². The lowest BCUT2D eigenvalue weighted by molar-refractivity contribution is -0.112. The minimum absolute atomic E-state index is 0.801. The number of hydrogen-bond donors (Lipinski definition) is 1. The van der Waals surface area contributed by atoms with Crippen LogP contribution in [0.2, 0.25) is 0 Å². The van der Waals surface area contributed by atoms with E-state index in [4.69, 9.17) is 16.2 Å². The Morgan fingerprint density at radius 1 is 1.88 bits per heavy atom. The molecule has 1 amide bonds. The van der Waals surface area contributed by atoms with Gasteiger partial charge in [-0.05, 0) is 0 Å². The highest BCUT2D eigenvalue weighted by molar-refractivity contribution is 6.44. The molecule has 8 heavy (non-hydrogen) atoms. The molecule has 0 atom stereocenters. The minimum atomic E-state index is -1.28. The third kappa shape index (κ3) is 1.26. The zero-order valence-corrected chi connectivity index (χ0v) is 3.75. The third-order valence-electron chi connectivity index (χ3n) is 0.421. The summed E-state index contributed by atoms with van der Waals surface area (Å²) < 4.78 is 0. The van der Waals surface area contributed by atoms with Crippen LogP contribution >= 0.6 is 0 Å². The van der Waals surface area contributed by atoms with Gasteiger partial charge in [0.25, 0.3) is 0 Å². The molecule has 0 aliphatic rings. The summed E-state index contributed by atoms with van der Waals surface area (Å²) in [4.78, 5) is 9.76. The van der Waals surface area contributed by atoms with Gasteiger partial charge in [-0.2, -0.15) is 5.26 Å². The number of hydrogen-bond acceptors (Lipinski definition) is 4. The summed E-state index contributed by atoms with van der Waals surface area (Å²) in [5, 5.41) is 17.8. The number of carbonyl (C=O) groups excluding carboxylic acids is 1. The van der Waals surface area contributed by atoms with Crippen molar-refractivity contribution in [2.24, 2.45) is 5.16 Å². The Labute approximate surface area is 45.0 Å². The van der Waals surface area contributed by atoms with Crippen LogP contribution in [0.3, 0.4) is 0 Å². The summed E-state index contributed by atoms with van der Waals surface area (Å²) in [6, 6.07) is 1.21. The van der Waals surface area contributed by atoms with Crippen molar-refractivity contribution >= 4 is 11.6 Å². The van der Waals surface area contributed by atoms with E-state index >= 15 is 0 Å². The molecule has 0 aromatic heterocycles. The van der Waals surface area contributed by atoms with Gasteiger partial charge >= 0.3 is 5.91 Å². The van der Waals surface area contributed by atoms with Gasteiger partial charge in [0.15, 0.2) is 0 Å². The van der Waals surface area contributed by atoms with Crippen molar-refractivity contribution in [2.45, 2.75) is 0 Å². The van der Waals surface area contributed by atoms with Crippen LogP contribution in [0.5, 0.6) is 0 Å². The molecular weight excluding hydrogens is 110 g/mol. The number of carbonyl (C=O) groups is 1. The monoisotopic (exact) mass is 112 g/mol. The van der Waals surface area contributed by atoms with Gasteiger partial charge in [-0.3, -0.25) is 10.5 Å². The number of rotatable bonds is 1. The van der Waals surface area contributed by atoms with Gasteiger partial charge in [0.05, 0.1) is 0 Å². The van der Waals surface area contributed by atoms with E-state index in [1.54, 1.807) is 0 Å². The molecule has 0 rings (SSSR count). The average molecular weight is 112 g/mol. The Morgan fingerprint density at radius 3 is 2.38 bits per heavy atom. The fourth-order valence-electron chi connectivity index (χ4n) is 0.119. The van der Waals surface area contributed by atoms with Crippen LogP contribution in [0.15, 0.2) is 5.16 Å². The van der Waals surface area contributed by atoms with Gasteiger partial charge in [-0.15, -0.1) is 0 Å². The Morgan fingerprint density at radius 2 is 2.38 bits per heavy atom. The second-order valence-electron chi connectivity index (χ2n) is 0.890. The Kier molecular flexibility index (Phi) is 2.07. The number of oxime groups is 1. The Hall–Kier alpha value is -1.57. The van der Waals surface area contributed by atoms with Gasteiger partial charge < -0.3 is 5.21 Å². The lowest BCUT2D eigenvalue weighted by Gasteiger charge is -1.78. The van der Waals surface area contributed by atoms with Gasteiger partial charge in [0.2, 0.25) is 5.71 Å². The number of amides is 1. The average Bonchev–Trinajstić information content (AvgIpc) is 1.69. The molecule has 5 heteroatoms. The molecule has 0 bridgehead atoms. The molecule has 0 aromatic rings. The van der Waals surface area contributed by atoms with E-state index in [0.717, 1.165) is 0 Å². The topological polar surface area (TPSA) is 97.2 Å². The van der Waals surface area contributed by atoms with Gasteiger partial charge in [0.1, 0.15) is 6.07 Å². The maximum atomic E-state index is 9.76. The van der Waals surface area contributed by atoms with Crippen LogP contribution in [0.25, 0.3) is 0 Å². The van der Waals surface area contributed by atoms with Gasteiger partial charge in [-0.25, -0.2) is 0 Å². The van der Waals surface area contributed by atoms with Crippen LogP contribution in [0, 0.1) is 11.3 Å². The molecule has 1 radical (unpaired) electrons. The van der Waals surface area contributed by atoms with Crippen molar-refractivity contribution in [1.82, 2.24) is 5.73 Å². The first-order valence-electron chi connectivity index (χ1n) is 1.60. The van der Waals surface area contributed by atoms with E-state index in [-0.39, 0.29) is 0 Å². The maximum absolute atomic E-state index is 9.76. The molecule has 0 spiro atoms. The van der Waals surface area contributed by atoms with Crippen molar-refractivity contribution < 1.29 is 10.0 Å². The predicted molar refractivity (Wildman–Crippen MR) is 22.9 cm³/mol. The van der Waals surface area contributed by atoms with Gasteiger partial charge in [-0.1, -0.05) is 5.16 Å². The van der Waals surface area contributed by atoms with E-state index in [0.29, 0.717) is 0 Å². The fourth-order valence-corrected chi connectivity index (χ4v) is 0.119. The molecule has 0 aliphatic carbocycles. The largest absolute Gasteiger partial charge is 0.410 e. The number of nitriles is 1. The zero-order valence-electron chi connectivity index (χ0n) is 3.75. The van der Waals surface area contributed by atoms with Crippen LogP contribution in [0.1, 0.15) is 0 Å². The molecule has 0 saturated carbocycles. The van der Waals surface area contributed by atoms with E-state index in [9.17, 15) is 4.79 Å². The fraction of sp³-hybridized carbons (Fsp3) is 0.